The van der Waals surface area contributed by atoms with E-state index in [1.807, 2.05) is 0 Å². The quantitative estimate of drug-likeness (QED) is 0.453. The molecule has 26 heavy (non-hydrogen) atoms. The maximum absolute atomic E-state index is 12.0. The summed E-state index contributed by atoms with van der Waals surface area (Å²) in [4.78, 5) is 22.7. The Labute approximate surface area is 155 Å². The predicted molar refractivity (Wildman–Crippen MR) is 98.5 cm³/mol. The Kier molecular flexibility index (Phi) is 6.57. The fourth-order valence-corrected chi connectivity index (χ4v) is 2.32. The maximum atomic E-state index is 12.0. The Morgan fingerprint density at radius 1 is 1.19 bits per heavy atom. The standard InChI is InChI=1S/C18H17ClN2O5/c1-25-16-9-13(15(21(23)24)10-17(16)26-2)5-8-18(22)20-11-12-3-6-14(19)7-4-12/h3-10H,11H2,1-2H3,(H,20,22)/b8-5+. The first kappa shape index (κ1) is 19.3. The molecule has 0 saturated heterocycles. The van der Waals surface area contributed by atoms with Gasteiger partial charge in [0.2, 0.25) is 5.91 Å². The molecule has 0 bridgehead atoms. The number of benzene rings is 2. The summed E-state index contributed by atoms with van der Waals surface area (Å²) in [5.74, 6) is 0.187. The number of amides is 1. The van der Waals surface area contributed by atoms with Gasteiger partial charge in [-0.15, -0.1) is 0 Å². The number of nitro groups is 1. The largest absolute Gasteiger partial charge is 0.493 e. The fourth-order valence-electron chi connectivity index (χ4n) is 2.19. The lowest BCUT2D eigenvalue weighted by atomic mass is 10.1. The second kappa shape index (κ2) is 8.87. The first-order valence-electron chi connectivity index (χ1n) is 7.55. The molecule has 0 aliphatic carbocycles. The number of hydrogen-bond acceptors (Lipinski definition) is 5. The van der Waals surface area contributed by atoms with Crippen LogP contribution in [0, 0.1) is 10.1 Å². The van der Waals surface area contributed by atoms with Crippen LogP contribution in [0.15, 0.2) is 42.5 Å². The Balaban J connectivity index is 2.13. The van der Waals surface area contributed by atoms with Crippen molar-refractivity contribution in [2.24, 2.45) is 0 Å². The van der Waals surface area contributed by atoms with Gasteiger partial charge in [-0.2, -0.15) is 0 Å². The van der Waals surface area contributed by atoms with Crippen LogP contribution in [0.5, 0.6) is 11.5 Å². The molecule has 2 aromatic carbocycles. The van der Waals surface area contributed by atoms with E-state index >= 15 is 0 Å². The first-order chi connectivity index (χ1) is 12.4. The van der Waals surface area contributed by atoms with Crippen LogP contribution in [-0.2, 0) is 11.3 Å². The lowest BCUT2D eigenvalue weighted by molar-refractivity contribution is -0.385. The second-order valence-corrected chi connectivity index (χ2v) is 5.64. The van der Waals surface area contributed by atoms with Crippen LogP contribution in [0.2, 0.25) is 5.02 Å². The lowest BCUT2D eigenvalue weighted by Gasteiger charge is -2.08. The lowest BCUT2D eigenvalue weighted by Crippen LogP contribution is -2.20. The summed E-state index contributed by atoms with van der Waals surface area (Å²) in [5.41, 5.74) is 0.923. The van der Waals surface area contributed by atoms with Gasteiger partial charge in [0, 0.05) is 17.6 Å². The number of nitro benzene ring substituents is 1. The molecule has 0 fully saturated rings. The monoisotopic (exact) mass is 376 g/mol. The first-order valence-corrected chi connectivity index (χ1v) is 7.93. The summed E-state index contributed by atoms with van der Waals surface area (Å²) in [7, 11) is 2.82. The normalized spacial score (nSPS) is 10.6. The van der Waals surface area contributed by atoms with Gasteiger partial charge in [-0.05, 0) is 29.8 Å². The molecule has 7 nitrogen and oxygen atoms in total. The van der Waals surface area contributed by atoms with Crippen molar-refractivity contribution in [2.45, 2.75) is 6.54 Å². The van der Waals surface area contributed by atoms with Crippen LogP contribution >= 0.6 is 11.6 Å². The number of hydrogen-bond donors (Lipinski definition) is 1. The highest BCUT2D eigenvalue weighted by atomic mass is 35.5. The van der Waals surface area contributed by atoms with E-state index in [0.717, 1.165) is 5.56 Å². The summed E-state index contributed by atoms with van der Waals surface area (Å²) in [6.45, 7) is 0.314. The molecule has 0 aromatic heterocycles. The van der Waals surface area contributed by atoms with Gasteiger partial charge in [0.15, 0.2) is 11.5 Å². The molecular weight excluding hydrogens is 360 g/mol. The molecule has 2 aromatic rings. The average molecular weight is 377 g/mol. The van der Waals surface area contributed by atoms with Crippen molar-refractivity contribution in [3.63, 3.8) is 0 Å². The van der Waals surface area contributed by atoms with Gasteiger partial charge in [-0.3, -0.25) is 14.9 Å². The van der Waals surface area contributed by atoms with Gasteiger partial charge >= 0.3 is 0 Å². The second-order valence-electron chi connectivity index (χ2n) is 5.20. The van der Waals surface area contributed by atoms with Crippen LogP contribution in [-0.4, -0.2) is 25.1 Å². The van der Waals surface area contributed by atoms with Crippen LogP contribution < -0.4 is 14.8 Å². The van der Waals surface area contributed by atoms with Crippen molar-refractivity contribution >= 4 is 29.3 Å². The van der Waals surface area contributed by atoms with Gasteiger partial charge in [-0.25, -0.2) is 0 Å². The van der Waals surface area contributed by atoms with Crippen molar-refractivity contribution < 1.29 is 19.2 Å². The Bertz CT molecular complexity index is 834. The molecule has 0 heterocycles. The van der Waals surface area contributed by atoms with Gasteiger partial charge in [0.1, 0.15) is 0 Å². The van der Waals surface area contributed by atoms with E-state index in [9.17, 15) is 14.9 Å². The third-order valence-corrected chi connectivity index (χ3v) is 3.78. The van der Waals surface area contributed by atoms with Gasteiger partial charge in [0.25, 0.3) is 5.69 Å². The minimum Gasteiger partial charge on any atom is -0.493 e. The number of nitrogens with zero attached hydrogens (tertiary/aromatic N) is 1. The molecule has 1 amide bonds. The highest BCUT2D eigenvalue weighted by Gasteiger charge is 2.18. The topological polar surface area (TPSA) is 90.7 Å². The van der Waals surface area contributed by atoms with Crippen molar-refractivity contribution in [3.8, 4) is 11.5 Å². The molecule has 0 radical (unpaired) electrons. The van der Waals surface area contributed by atoms with Crippen molar-refractivity contribution in [2.75, 3.05) is 14.2 Å². The van der Waals surface area contributed by atoms with Crippen LogP contribution in [0.3, 0.4) is 0 Å². The minimum atomic E-state index is -0.548. The van der Waals surface area contributed by atoms with Crippen molar-refractivity contribution in [1.82, 2.24) is 5.32 Å². The van der Waals surface area contributed by atoms with Crippen molar-refractivity contribution in [3.05, 3.63) is 68.7 Å². The molecule has 1 N–H and O–H groups in total. The SMILES string of the molecule is COc1cc(/C=C/C(=O)NCc2ccc(Cl)cc2)c([N+](=O)[O-])cc1OC. The van der Waals surface area contributed by atoms with Gasteiger partial charge in [0.05, 0.1) is 30.8 Å². The van der Waals surface area contributed by atoms with Crippen LogP contribution in [0.4, 0.5) is 5.69 Å². The summed E-state index contributed by atoms with van der Waals surface area (Å²) >= 11 is 5.81. The molecule has 0 atom stereocenters. The number of ether oxygens (including phenoxy) is 2. The molecular formula is C18H17ClN2O5. The third-order valence-electron chi connectivity index (χ3n) is 3.52. The van der Waals surface area contributed by atoms with E-state index in [1.54, 1.807) is 24.3 Å². The third kappa shape index (κ3) is 4.97. The highest BCUT2D eigenvalue weighted by molar-refractivity contribution is 6.30. The van der Waals surface area contributed by atoms with E-state index in [-0.39, 0.29) is 22.9 Å². The van der Waals surface area contributed by atoms with E-state index < -0.39 is 4.92 Å². The number of carbonyl (C=O) groups is 1. The zero-order valence-corrected chi connectivity index (χ0v) is 14.9. The van der Waals surface area contributed by atoms with Gasteiger partial charge < -0.3 is 14.8 Å². The number of nitrogens with one attached hydrogen (secondary N) is 1. The molecule has 0 saturated carbocycles. The molecule has 2 rings (SSSR count). The molecule has 0 aliphatic heterocycles. The predicted octanol–water partition coefficient (Wildman–Crippen LogP) is 3.60. The molecule has 0 spiro atoms. The summed E-state index contributed by atoms with van der Waals surface area (Å²) in [5, 5.41) is 14.5. The average Bonchev–Trinajstić information content (AvgIpc) is 2.64. The van der Waals surface area contributed by atoms with E-state index in [1.165, 1.54) is 38.5 Å². The van der Waals surface area contributed by atoms with Crippen LogP contribution in [0.25, 0.3) is 6.08 Å². The fraction of sp³-hybridized carbons (Fsp3) is 0.167. The van der Waals surface area contributed by atoms with Crippen molar-refractivity contribution in [1.29, 1.82) is 0 Å². The summed E-state index contributed by atoms with van der Waals surface area (Å²) in [6, 6.07) is 9.75. The maximum Gasteiger partial charge on any atom is 0.280 e. The van der Waals surface area contributed by atoms with E-state index in [4.69, 9.17) is 21.1 Å². The number of halogens is 1. The molecule has 136 valence electrons. The van der Waals surface area contributed by atoms with E-state index in [2.05, 4.69) is 5.32 Å². The Hall–Kier alpha value is -3.06. The number of rotatable bonds is 7. The van der Waals surface area contributed by atoms with Gasteiger partial charge in [-0.1, -0.05) is 23.7 Å². The zero-order chi connectivity index (χ0) is 19.1. The molecule has 0 aliphatic rings. The molecule has 8 heteroatoms. The Morgan fingerprint density at radius 2 is 1.81 bits per heavy atom. The summed E-state index contributed by atoms with van der Waals surface area (Å²) < 4.78 is 10.2. The molecule has 0 unspecified atom stereocenters. The number of carbonyl (C=O) groups excluding carboxylic acids is 1. The zero-order valence-electron chi connectivity index (χ0n) is 14.2. The Morgan fingerprint density at radius 3 is 2.38 bits per heavy atom. The highest BCUT2D eigenvalue weighted by Crippen LogP contribution is 2.35. The smallest absolute Gasteiger partial charge is 0.280 e. The minimum absolute atomic E-state index is 0.190. The summed E-state index contributed by atoms with van der Waals surface area (Å²) in [6.07, 6.45) is 2.58. The van der Waals surface area contributed by atoms with E-state index in [0.29, 0.717) is 17.3 Å². The van der Waals surface area contributed by atoms with Crippen LogP contribution in [0.1, 0.15) is 11.1 Å². The number of methoxy groups -OCH3 is 2.